The van der Waals surface area contributed by atoms with Gasteiger partial charge in [-0.05, 0) is 36.4 Å². The molecule has 3 heteroatoms. The summed E-state index contributed by atoms with van der Waals surface area (Å²) in [4.78, 5) is 15.0. The maximum Gasteiger partial charge on any atom is 0.264 e. The largest absolute Gasteiger partial charge is 0.334 e. The monoisotopic (exact) mass is 259 g/mol. The quantitative estimate of drug-likeness (QED) is 0.819. The Labute approximate surface area is 112 Å². The maximum absolute atomic E-state index is 12.3. The van der Waals surface area contributed by atoms with Gasteiger partial charge in [-0.2, -0.15) is 0 Å². The van der Waals surface area contributed by atoms with Crippen LogP contribution in [0.15, 0.2) is 41.8 Å². The second-order valence-corrected chi connectivity index (χ2v) is 5.17. The molecule has 0 radical (unpaired) electrons. The molecule has 0 N–H and O–H groups in total. The van der Waals surface area contributed by atoms with E-state index in [9.17, 15) is 4.79 Å². The normalized spacial score (nSPS) is 10.3. The molecule has 0 bridgehead atoms. The van der Waals surface area contributed by atoms with Crippen LogP contribution in [0.5, 0.6) is 0 Å². The van der Waals surface area contributed by atoms with Crippen LogP contribution >= 0.6 is 11.3 Å². The second kappa shape index (κ2) is 5.83. The average molecular weight is 259 g/mol. The lowest BCUT2D eigenvalue weighted by molar-refractivity contribution is 0.0757. The molecule has 1 aromatic carbocycles. The zero-order valence-corrected chi connectivity index (χ0v) is 11.5. The molecule has 0 saturated carbocycles. The Balaban J connectivity index is 2.15. The summed E-state index contributed by atoms with van der Waals surface area (Å²) in [7, 11) is 0. The molecule has 0 aliphatic carbocycles. The Morgan fingerprint density at radius 1 is 1.22 bits per heavy atom. The fraction of sp³-hybridized carbons (Fsp3) is 0.267. The van der Waals surface area contributed by atoms with Gasteiger partial charge in [0.25, 0.3) is 5.91 Å². The van der Waals surface area contributed by atoms with Gasteiger partial charge < -0.3 is 4.90 Å². The number of hydrogen-bond donors (Lipinski definition) is 0. The Morgan fingerprint density at radius 3 is 2.61 bits per heavy atom. The standard InChI is InChI=1S/C15H17NOS/c1-3-16(15(17)14-9-6-10-18-14)11-13-8-5-4-7-12(13)2/h4-10H,3,11H2,1-2H3. The number of rotatable bonds is 4. The number of aryl methyl sites for hydroxylation is 1. The predicted molar refractivity (Wildman–Crippen MR) is 75.9 cm³/mol. The van der Waals surface area contributed by atoms with Crippen LogP contribution in [0.1, 0.15) is 27.7 Å². The van der Waals surface area contributed by atoms with Crippen LogP contribution in [0.25, 0.3) is 0 Å². The van der Waals surface area contributed by atoms with Gasteiger partial charge in [-0.15, -0.1) is 11.3 Å². The molecular weight excluding hydrogens is 242 g/mol. The van der Waals surface area contributed by atoms with Gasteiger partial charge in [-0.25, -0.2) is 0 Å². The van der Waals surface area contributed by atoms with E-state index in [1.807, 2.05) is 41.5 Å². The fourth-order valence-electron chi connectivity index (χ4n) is 1.88. The molecule has 0 unspecified atom stereocenters. The molecule has 2 rings (SSSR count). The molecule has 18 heavy (non-hydrogen) atoms. The molecule has 1 aromatic heterocycles. The van der Waals surface area contributed by atoms with Crippen molar-refractivity contribution in [3.05, 3.63) is 57.8 Å². The molecule has 0 fully saturated rings. The van der Waals surface area contributed by atoms with Gasteiger partial charge in [0.2, 0.25) is 0 Å². The third-order valence-corrected chi connectivity index (χ3v) is 3.88. The van der Waals surface area contributed by atoms with Gasteiger partial charge in [0, 0.05) is 13.1 Å². The minimum absolute atomic E-state index is 0.121. The van der Waals surface area contributed by atoms with Crippen molar-refractivity contribution in [2.45, 2.75) is 20.4 Å². The zero-order chi connectivity index (χ0) is 13.0. The predicted octanol–water partition coefficient (Wildman–Crippen LogP) is 3.72. The van der Waals surface area contributed by atoms with Crippen LogP contribution in [0, 0.1) is 6.92 Å². The summed E-state index contributed by atoms with van der Waals surface area (Å²) in [5, 5.41) is 1.94. The van der Waals surface area contributed by atoms with Crippen LogP contribution in [-0.2, 0) is 6.54 Å². The summed E-state index contributed by atoms with van der Waals surface area (Å²) in [5.74, 6) is 0.121. The van der Waals surface area contributed by atoms with Crippen LogP contribution in [0.2, 0.25) is 0 Å². The first-order chi connectivity index (χ1) is 8.72. The second-order valence-electron chi connectivity index (χ2n) is 4.22. The summed E-state index contributed by atoms with van der Waals surface area (Å²) in [6.07, 6.45) is 0. The Bertz CT molecular complexity index is 519. The summed E-state index contributed by atoms with van der Waals surface area (Å²) in [6, 6.07) is 12.0. The van der Waals surface area contributed by atoms with Gasteiger partial charge in [0.15, 0.2) is 0 Å². The van der Waals surface area contributed by atoms with E-state index in [0.717, 1.165) is 11.4 Å². The van der Waals surface area contributed by atoms with Crippen molar-refractivity contribution in [1.82, 2.24) is 4.90 Å². The van der Waals surface area contributed by atoms with Crippen molar-refractivity contribution in [3.8, 4) is 0 Å². The molecule has 0 spiro atoms. The number of thiophene rings is 1. The highest BCUT2D eigenvalue weighted by atomic mass is 32.1. The first-order valence-corrected chi connectivity index (χ1v) is 6.97. The molecule has 1 heterocycles. The van der Waals surface area contributed by atoms with Gasteiger partial charge in [-0.3, -0.25) is 4.79 Å². The van der Waals surface area contributed by atoms with Crippen molar-refractivity contribution in [1.29, 1.82) is 0 Å². The van der Waals surface area contributed by atoms with E-state index in [1.165, 1.54) is 22.5 Å². The highest BCUT2D eigenvalue weighted by Gasteiger charge is 2.15. The van der Waals surface area contributed by atoms with Crippen molar-refractivity contribution < 1.29 is 4.79 Å². The van der Waals surface area contributed by atoms with E-state index in [1.54, 1.807) is 0 Å². The Morgan fingerprint density at radius 2 is 2.00 bits per heavy atom. The number of amides is 1. The Kier molecular flexibility index (Phi) is 4.15. The van der Waals surface area contributed by atoms with E-state index in [4.69, 9.17) is 0 Å². The first-order valence-electron chi connectivity index (χ1n) is 6.09. The molecule has 94 valence electrons. The lowest BCUT2D eigenvalue weighted by Crippen LogP contribution is -2.29. The van der Waals surface area contributed by atoms with Crippen molar-refractivity contribution in [3.63, 3.8) is 0 Å². The minimum Gasteiger partial charge on any atom is -0.334 e. The van der Waals surface area contributed by atoms with E-state index in [-0.39, 0.29) is 5.91 Å². The number of carbonyl (C=O) groups is 1. The van der Waals surface area contributed by atoms with E-state index in [2.05, 4.69) is 19.1 Å². The summed E-state index contributed by atoms with van der Waals surface area (Å²) < 4.78 is 0. The number of benzene rings is 1. The Hall–Kier alpha value is -1.61. The summed E-state index contributed by atoms with van der Waals surface area (Å²) >= 11 is 1.50. The van der Waals surface area contributed by atoms with E-state index >= 15 is 0 Å². The highest BCUT2D eigenvalue weighted by Crippen LogP contribution is 2.16. The summed E-state index contributed by atoms with van der Waals surface area (Å²) in [5.41, 5.74) is 2.44. The van der Waals surface area contributed by atoms with Crippen LogP contribution in [0.3, 0.4) is 0 Å². The third kappa shape index (κ3) is 2.79. The molecule has 0 saturated heterocycles. The number of carbonyl (C=O) groups excluding carboxylic acids is 1. The highest BCUT2D eigenvalue weighted by molar-refractivity contribution is 7.12. The van der Waals surface area contributed by atoms with Gasteiger partial charge in [0.05, 0.1) is 4.88 Å². The smallest absolute Gasteiger partial charge is 0.264 e. The topological polar surface area (TPSA) is 20.3 Å². The van der Waals surface area contributed by atoms with Gasteiger partial charge >= 0.3 is 0 Å². The first kappa shape index (κ1) is 12.8. The summed E-state index contributed by atoms with van der Waals surface area (Å²) in [6.45, 7) is 5.51. The molecule has 0 aliphatic heterocycles. The van der Waals surface area contributed by atoms with Crippen LogP contribution in [-0.4, -0.2) is 17.4 Å². The fourth-order valence-corrected chi connectivity index (χ4v) is 2.57. The average Bonchev–Trinajstić information content (AvgIpc) is 2.91. The van der Waals surface area contributed by atoms with Crippen molar-refractivity contribution in [2.24, 2.45) is 0 Å². The molecular formula is C15H17NOS. The van der Waals surface area contributed by atoms with Gasteiger partial charge in [-0.1, -0.05) is 30.3 Å². The van der Waals surface area contributed by atoms with Gasteiger partial charge in [0.1, 0.15) is 0 Å². The third-order valence-electron chi connectivity index (χ3n) is 3.02. The molecule has 2 aromatic rings. The zero-order valence-electron chi connectivity index (χ0n) is 10.7. The van der Waals surface area contributed by atoms with Crippen molar-refractivity contribution >= 4 is 17.2 Å². The van der Waals surface area contributed by atoms with Crippen molar-refractivity contribution in [2.75, 3.05) is 6.54 Å². The minimum atomic E-state index is 0.121. The maximum atomic E-state index is 12.3. The SMILES string of the molecule is CCN(Cc1ccccc1C)C(=O)c1cccs1. The molecule has 1 amide bonds. The number of nitrogens with zero attached hydrogens (tertiary/aromatic N) is 1. The van der Waals surface area contributed by atoms with Crippen LogP contribution in [0.4, 0.5) is 0 Å². The van der Waals surface area contributed by atoms with Crippen LogP contribution < -0.4 is 0 Å². The lowest BCUT2D eigenvalue weighted by atomic mass is 10.1. The molecule has 2 nitrogen and oxygen atoms in total. The van der Waals surface area contributed by atoms with E-state index in [0.29, 0.717) is 6.54 Å². The number of hydrogen-bond acceptors (Lipinski definition) is 2. The van der Waals surface area contributed by atoms with E-state index < -0.39 is 0 Å². The molecule has 0 atom stereocenters. The lowest BCUT2D eigenvalue weighted by Gasteiger charge is -2.21. The molecule has 0 aliphatic rings.